The Labute approximate surface area is 185 Å². The number of esters is 1. The van der Waals surface area contributed by atoms with Crippen molar-refractivity contribution in [3.05, 3.63) is 72.3 Å². The van der Waals surface area contributed by atoms with E-state index in [0.717, 1.165) is 5.56 Å². The van der Waals surface area contributed by atoms with Crippen LogP contribution in [0.3, 0.4) is 0 Å². The zero-order valence-corrected chi connectivity index (χ0v) is 17.6. The number of amides is 2. The van der Waals surface area contributed by atoms with Gasteiger partial charge in [-0.05, 0) is 48.9 Å². The largest absolute Gasteiger partial charge is 0.462 e. The molecular weight excluding hydrogens is 410 g/mol. The molecule has 1 saturated heterocycles. The first-order valence-electron chi connectivity index (χ1n) is 10.3. The number of ether oxygens (including phenoxy) is 1. The van der Waals surface area contributed by atoms with Crippen LogP contribution in [0.25, 0.3) is 0 Å². The number of hydrogen-bond donors (Lipinski definition) is 1. The van der Waals surface area contributed by atoms with Gasteiger partial charge in [0.25, 0.3) is 0 Å². The molecule has 1 aliphatic rings. The summed E-state index contributed by atoms with van der Waals surface area (Å²) in [5.41, 5.74) is 2.77. The van der Waals surface area contributed by atoms with Crippen molar-refractivity contribution in [3.63, 3.8) is 0 Å². The average molecular weight is 433 g/mol. The first kappa shape index (κ1) is 21.2. The van der Waals surface area contributed by atoms with Crippen LogP contribution < -0.4 is 10.2 Å². The smallest absolute Gasteiger partial charge is 0.338 e. The van der Waals surface area contributed by atoms with Crippen LogP contribution in [0.2, 0.25) is 0 Å². The topological polar surface area (TPSA) is 106 Å². The maximum Gasteiger partial charge on any atom is 0.338 e. The molecule has 0 radical (unpaired) electrons. The van der Waals surface area contributed by atoms with Crippen molar-refractivity contribution >= 4 is 29.2 Å². The molecule has 164 valence electrons. The maximum absolute atomic E-state index is 12.7. The van der Waals surface area contributed by atoms with E-state index in [1.54, 1.807) is 47.1 Å². The third-order valence-electron chi connectivity index (χ3n) is 5.22. The molecule has 1 aliphatic heterocycles. The van der Waals surface area contributed by atoms with Gasteiger partial charge < -0.3 is 15.0 Å². The van der Waals surface area contributed by atoms with E-state index in [9.17, 15) is 14.4 Å². The van der Waals surface area contributed by atoms with E-state index in [1.807, 2.05) is 24.3 Å². The van der Waals surface area contributed by atoms with E-state index >= 15 is 0 Å². The summed E-state index contributed by atoms with van der Waals surface area (Å²) in [6, 6.07) is 14.1. The van der Waals surface area contributed by atoms with Gasteiger partial charge in [-0.1, -0.05) is 12.1 Å². The summed E-state index contributed by atoms with van der Waals surface area (Å²) in [6.45, 7) is 2.92. The summed E-state index contributed by atoms with van der Waals surface area (Å²) >= 11 is 0. The van der Waals surface area contributed by atoms with Gasteiger partial charge in [0, 0.05) is 24.3 Å². The Hall–Kier alpha value is -4.01. The molecule has 9 heteroatoms. The minimum atomic E-state index is -0.456. The van der Waals surface area contributed by atoms with Crippen LogP contribution >= 0.6 is 0 Å². The molecule has 1 N–H and O–H groups in total. The Bertz CT molecular complexity index is 1090. The lowest BCUT2D eigenvalue weighted by Gasteiger charge is -2.17. The monoisotopic (exact) mass is 433 g/mol. The van der Waals surface area contributed by atoms with Gasteiger partial charge in [0.1, 0.15) is 12.7 Å². The lowest BCUT2D eigenvalue weighted by Crippen LogP contribution is -2.28. The molecule has 2 heterocycles. The van der Waals surface area contributed by atoms with Gasteiger partial charge in [0.05, 0.1) is 24.6 Å². The number of benzene rings is 2. The molecular formula is C23H23N5O4. The minimum absolute atomic E-state index is 0.128. The lowest BCUT2D eigenvalue weighted by molar-refractivity contribution is -0.122. The Morgan fingerprint density at radius 1 is 1.12 bits per heavy atom. The number of carbonyl (C=O) groups excluding carboxylic acids is 3. The van der Waals surface area contributed by atoms with Crippen LogP contribution in [0.5, 0.6) is 0 Å². The molecule has 1 aromatic heterocycles. The average Bonchev–Trinajstić information content (AvgIpc) is 3.45. The maximum atomic E-state index is 12.7. The van der Waals surface area contributed by atoms with Crippen molar-refractivity contribution in [1.29, 1.82) is 0 Å². The molecule has 9 nitrogen and oxygen atoms in total. The number of aromatic nitrogens is 3. The van der Waals surface area contributed by atoms with E-state index in [0.29, 0.717) is 30.1 Å². The molecule has 1 fully saturated rings. The minimum Gasteiger partial charge on any atom is -0.462 e. The number of nitrogens with zero attached hydrogens (tertiary/aromatic N) is 4. The predicted molar refractivity (Wildman–Crippen MR) is 117 cm³/mol. The van der Waals surface area contributed by atoms with Gasteiger partial charge in [-0.2, -0.15) is 5.10 Å². The predicted octanol–water partition coefficient (Wildman–Crippen LogP) is 2.49. The van der Waals surface area contributed by atoms with Crippen LogP contribution in [0, 0.1) is 5.92 Å². The summed E-state index contributed by atoms with van der Waals surface area (Å²) in [4.78, 5) is 42.5. The summed E-state index contributed by atoms with van der Waals surface area (Å²) in [5, 5.41) is 6.96. The number of anilines is 2. The molecule has 3 aromatic rings. The van der Waals surface area contributed by atoms with Crippen molar-refractivity contribution in [3.8, 4) is 0 Å². The van der Waals surface area contributed by atoms with Crippen molar-refractivity contribution in [2.75, 3.05) is 23.4 Å². The third-order valence-corrected chi connectivity index (χ3v) is 5.22. The van der Waals surface area contributed by atoms with Gasteiger partial charge in [-0.25, -0.2) is 14.5 Å². The normalized spacial score (nSPS) is 15.6. The molecule has 4 rings (SSSR count). The van der Waals surface area contributed by atoms with Crippen molar-refractivity contribution in [2.45, 2.75) is 19.9 Å². The molecule has 2 aromatic carbocycles. The molecule has 0 unspecified atom stereocenters. The second kappa shape index (κ2) is 9.42. The van der Waals surface area contributed by atoms with Gasteiger partial charge in [-0.3, -0.25) is 9.59 Å². The van der Waals surface area contributed by atoms with E-state index in [4.69, 9.17) is 4.74 Å². The second-order valence-electron chi connectivity index (χ2n) is 7.45. The molecule has 0 aliphatic carbocycles. The van der Waals surface area contributed by atoms with Gasteiger partial charge in [-0.15, -0.1) is 0 Å². The highest BCUT2D eigenvalue weighted by Gasteiger charge is 2.35. The molecule has 0 bridgehead atoms. The Kier molecular flexibility index (Phi) is 6.25. The highest BCUT2D eigenvalue weighted by Crippen LogP contribution is 2.26. The standard InChI is InChI=1S/C23H23N5O4/c1-2-32-23(31)17-5-9-20(10-6-17)28-13-18(11-21(28)29)22(30)26-19-7-3-16(4-8-19)12-27-15-24-14-25-27/h3-10,14-15,18H,2,11-13H2,1H3,(H,26,30)/t18-/m0/s1. The summed E-state index contributed by atoms with van der Waals surface area (Å²) < 4.78 is 6.69. The summed E-state index contributed by atoms with van der Waals surface area (Å²) in [5.74, 6) is -1.19. The fraction of sp³-hybridized carbons (Fsp3) is 0.261. The number of rotatable bonds is 7. The Morgan fingerprint density at radius 2 is 1.88 bits per heavy atom. The van der Waals surface area contributed by atoms with E-state index in [1.165, 1.54) is 6.33 Å². The van der Waals surface area contributed by atoms with Crippen molar-refractivity contribution in [1.82, 2.24) is 14.8 Å². The molecule has 0 spiro atoms. The van der Waals surface area contributed by atoms with E-state index in [-0.39, 0.29) is 24.8 Å². The van der Waals surface area contributed by atoms with Crippen molar-refractivity contribution in [2.24, 2.45) is 5.92 Å². The highest BCUT2D eigenvalue weighted by molar-refractivity contribution is 6.03. The van der Waals surface area contributed by atoms with Crippen molar-refractivity contribution < 1.29 is 19.1 Å². The van der Waals surface area contributed by atoms with Crippen LogP contribution in [0.4, 0.5) is 11.4 Å². The van der Waals surface area contributed by atoms with Crippen LogP contribution in [-0.4, -0.2) is 45.7 Å². The van der Waals surface area contributed by atoms with Crippen LogP contribution in [0.1, 0.15) is 29.3 Å². The van der Waals surface area contributed by atoms with Gasteiger partial charge >= 0.3 is 5.97 Å². The lowest BCUT2D eigenvalue weighted by atomic mass is 10.1. The van der Waals surface area contributed by atoms with Gasteiger partial charge in [0.2, 0.25) is 11.8 Å². The van der Waals surface area contributed by atoms with E-state index in [2.05, 4.69) is 15.4 Å². The van der Waals surface area contributed by atoms with Gasteiger partial charge in [0.15, 0.2) is 0 Å². The molecule has 0 saturated carbocycles. The first-order chi connectivity index (χ1) is 15.5. The van der Waals surface area contributed by atoms with Crippen LogP contribution in [0.15, 0.2) is 61.2 Å². The Balaban J connectivity index is 1.35. The molecule has 1 atom stereocenters. The zero-order valence-electron chi connectivity index (χ0n) is 17.6. The second-order valence-corrected chi connectivity index (χ2v) is 7.45. The SMILES string of the molecule is CCOC(=O)c1ccc(N2C[C@@H](C(=O)Nc3ccc(Cn4cncn4)cc3)CC2=O)cc1. The fourth-order valence-electron chi connectivity index (χ4n) is 3.56. The quantitative estimate of drug-likeness (QED) is 0.574. The number of carbonyl (C=O) groups is 3. The highest BCUT2D eigenvalue weighted by atomic mass is 16.5. The first-order valence-corrected chi connectivity index (χ1v) is 10.3. The Morgan fingerprint density at radius 3 is 2.53 bits per heavy atom. The fourth-order valence-corrected chi connectivity index (χ4v) is 3.56. The number of nitrogens with one attached hydrogen (secondary N) is 1. The number of hydrogen-bond acceptors (Lipinski definition) is 6. The summed E-state index contributed by atoms with van der Waals surface area (Å²) in [6.07, 6.45) is 3.26. The van der Waals surface area contributed by atoms with Crippen LogP contribution in [-0.2, 0) is 20.9 Å². The molecule has 32 heavy (non-hydrogen) atoms. The zero-order chi connectivity index (χ0) is 22.5. The third kappa shape index (κ3) is 4.83. The van der Waals surface area contributed by atoms with E-state index < -0.39 is 11.9 Å². The molecule has 2 amide bonds. The summed E-state index contributed by atoms with van der Waals surface area (Å²) in [7, 11) is 0.